The van der Waals surface area contributed by atoms with Crippen LogP contribution in [-0.2, 0) is 6.42 Å². The molecule has 0 aliphatic carbocycles. The molecule has 4 heteroatoms. The predicted molar refractivity (Wildman–Crippen MR) is 72.3 cm³/mol. The highest BCUT2D eigenvalue weighted by atomic mass is 16.5. The second kappa shape index (κ2) is 5.28. The molecule has 0 fully saturated rings. The van der Waals surface area contributed by atoms with E-state index in [0.717, 1.165) is 23.5 Å². The van der Waals surface area contributed by atoms with Crippen LogP contribution in [0.15, 0.2) is 42.7 Å². The predicted octanol–water partition coefficient (Wildman–Crippen LogP) is 2.10. The Morgan fingerprint density at radius 1 is 1.37 bits per heavy atom. The lowest BCUT2D eigenvalue weighted by Gasteiger charge is -2.08. The van der Waals surface area contributed by atoms with Crippen molar-refractivity contribution in [1.29, 1.82) is 0 Å². The molecule has 0 bridgehead atoms. The second-order valence-corrected chi connectivity index (χ2v) is 4.58. The topological polar surface area (TPSA) is 57.4 Å². The van der Waals surface area contributed by atoms with Crippen LogP contribution in [0.2, 0.25) is 0 Å². The van der Waals surface area contributed by atoms with E-state index >= 15 is 0 Å². The molecule has 1 aromatic heterocycles. The first-order chi connectivity index (χ1) is 9.33. The number of fused-ring (bicyclic) bond motifs is 1. The molecule has 0 saturated carbocycles. The Labute approximate surface area is 112 Å². The quantitative estimate of drug-likeness (QED) is 0.910. The van der Waals surface area contributed by atoms with Gasteiger partial charge in [0, 0.05) is 30.4 Å². The van der Waals surface area contributed by atoms with Gasteiger partial charge in [-0.05, 0) is 23.8 Å². The van der Waals surface area contributed by atoms with Gasteiger partial charge in [0.05, 0.1) is 12.6 Å². The number of ether oxygens (including phenoxy) is 2. The molecule has 0 saturated heterocycles. The van der Waals surface area contributed by atoms with Crippen molar-refractivity contribution in [3.63, 3.8) is 0 Å². The fourth-order valence-corrected chi connectivity index (χ4v) is 2.14. The van der Waals surface area contributed by atoms with Crippen LogP contribution >= 0.6 is 0 Å². The molecule has 1 unspecified atom stereocenters. The summed E-state index contributed by atoms with van der Waals surface area (Å²) in [5.41, 5.74) is 8.12. The smallest absolute Gasteiger partial charge is 0.127 e. The molecule has 1 aliphatic rings. The molecular formula is C15H16N2O2. The zero-order valence-corrected chi connectivity index (χ0v) is 10.6. The van der Waals surface area contributed by atoms with Crippen LogP contribution in [0.5, 0.6) is 11.5 Å². The fourth-order valence-electron chi connectivity index (χ4n) is 2.14. The standard InChI is InChI=1S/C15H16N2O2/c16-14-10-19-15-8-12(3-4-13(14)15)18-7-5-11-2-1-6-17-9-11/h1-4,6,8-9,14H,5,7,10,16H2. The molecule has 2 heterocycles. The van der Waals surface area contributed by atoms with Gasteiger partial charge in [-0.1, -0.05) is 6.07 Å². The molecule has 19 heavy (non-hydrogen) atoms. The van der Waals surface area contributed by atoms with Crippen LogP contribution in [0, 0.1) is 0 Å². The van der Waals surface area contributed by atoms with Gasteiger partial charge in [0.2, 0.25) is 0 Å². The first-order valence-corrected chi connectivity index (χ1v) is 6.37. The van der Waals surface area contributed by atoms with E-state index in [1.807, 2.05) is 36.5 Å². The third-order valence-electron chi connectivity index (χ3n) is 3.19. The van der Waals surface area contributed by atoms with Crippen molar-refractivity contribution >= 4 is 0 Å². The maximum atomic E-state index is 5.90. The van der Waals surface area contributed by atoms with E-state index < -0.39 is 0 Å². The highest BCUT2D eigenvalue weighted by Crippen LogP contribution is 2.33. The van der Waals surface area contributed by atoms with Crippen molar-refractivity contribution in [2.75, 3.05) is 13.2 Å². The number of aromatic nitrogens is 1. The van der Waals surface area contributed by atoms with Crippen molar-refractivity contribution in [1.82, 2.24) is 4.98 Å². The second-order valence-electron chi connectivity index (χ2n) is 4.58. The normalized spacial score (nSPS) is 16.8. The van der Waals surface area contributed by atoms with Crippen molar-refractivity contribution in [2.24, 2.45) is 5.73 Å². The summed E-state index contributed by atoms with van der Waals surface area (Å²) >= 11 is 0. The fraction of sp³-hybridized carbons (Fsp3) is 0.267. The Bertz CT molecular complexity index is 557. The highest BCUT2D eigenvalue weighted by Gasteiger charge is 2.20. The molecule has 98 valence electrons. The van der Waals surface area contributed by atoms with Gasteiger partial charge in [-0.15, -0.1) is 0 Å². The molecule has 3 rings (SSSR count). The van der Waals surface area contributed by atoms with Crippen LogP contribution in [0.1, 0.15) is 17.2 Å². The lowest BCUT2D eigenvalue weighted by molar-refractivity contribution is 0.313. The van der Waals surface area contributed by atoms with Crippen LogP contribution in [0.4, 0.5) is 0 Å². The van der Waals surface area contributed by atoms with Crippen LogP contribution in [0.25, 0.3) is 0 Å². The molecule has 0 amide bonds. The van der Waals surface area contributed by atoms with E-state index in [2.05, 4.69) is 4.98 Å². The van der Waals surface area contributed by atoms with Crippen molar-refractivity contribution in [3.8, 4) is 11.5 Å². The van der Waals surface area contributed by atoms with Crippen molar-refractivity contribution in [3.05, 3.63) is 53.9 Å². The Morgan fingerprint density at radius 2 is 2.32 bits per heavy atom. The monoisotopic (exact) mass is 256 g/mol. The minimum absolute atomic E-state index is 0.0144. The summed E-state index contributed by atoms with van der Waals surface area (Å²) in [4.78, 5) is 4.08. The SMILES string of the molecule is NC1COc2cc(OCCc3cccnc3)ccc21. The van der Waals surface area contributed by atoms with E-state index in [1.165, 1.54) is 5.56 Å². The van der Waals surface area contributed by atoms with E-state index in [1.54, 1.807) is 6.20 Å². The molecule has 1 atom stereocenters. The summed E-state index contributed by atoms with van der Waals surface area (Å²) in [6, 6.07) is 9.79. The maximum Gasteiger partial charge on any atom is 0.127 e. The Morgan fingerprint density at radius 3 is 3.16 bits per heavy atom. The van der Waals surface area contributed by atoms with Gasteiger partial charge in [0.1, 0.15) is 18.1 Å². The van der Waals surface area contributed by atoms with Gasteiger partial charge in [0.15, 0.2) is 0 Å². The summed E-state index contributed by atoms with van der Waals surface area (Å²) in [5, 5.41) is 0. The third-order valence-corrected chi connectivity index (χ3v) is 3.19. The Kier molecular flexibility index (Phi) is 3.33. The Balaban J connectivity index is 1.59. The maximum absolute atomic E-state index is 5.90. The summed E-state index contributed by atoms with van der Waals surface area (Å²) in [6.07, 6.45) is 4.46. The molecule has 0 spiro atoms. The van der Waals surface area contributed by atoms with Gasteiger partial charge < -0.3 is 15.2 Å². The number of benzene rings is 1. The molecule has 2 N–H and O–H groups in total. The zero-order chi connectivity index (χ0) is 13.1. The number of hydrogen-bond donors (Lipinski definition) is 1. The van der Waals surface area contributed by atoms with Gasteiger partial charge in [0.25, 0.3) is 0 Å². The molecule has 1 aromatic carbocycles. The van der Waals surface area contributed by atoms with Gasteiger partial charge in [-0.2, -0.15) is 0 Å². The van der Waals surface area contributed by atoms with E-state index in [0.29, 0.717) is 13.2 Å². The van der Waals surface area contributed by atoms with Gasteiger partial charge >= 0.3 is 0 Å². The first kappa shape index (κ1) is 12.0. The minimum Gasteiger partial charge on any atom is -0.493 e. The van der Waals surface area contributed by atoms with Gasteiger partial charge in [-0.3, -0.25) is 4.98 Å². The van der Waals surface area contributed by atoms with Crippen molar-refractivity contribution < 1.29 is 9.47 Å². The highest BCUT2D eigenvalue weighted by molar-refractivity contribution is 5.44. The first-order valence-electron chi connectivity index (χ1n) is 6.37. The van der Waals surface area contributed by atoms with Gasteiger partial charge in [-0.25, -0.2) is 0 Å². The molecular weight excluding hydrogens is 240 g/mol. The van der Waals surface area contributed by atoms with Crippen molar-refractivity contribution in [2.45, 2.75) is 12.5 Å². The Hall–Kier alpha value is -2.07. The minimum atomic E-state index is -0.0144. The summed E-state index contributed by atoms with van der Waals surface area (Å²) in [7, 11) is 0. The third kappa shape index (κ3) is 2.69. The van der Waals surface area contributed by atoms with E-state index in [9.17, 15) is 0 Å². The number of nitrogens with two attached hydrogens (primary N) is 1. The van der Waals surface area contributed by atoms with E-state index in [4.69, 9.17) is 15.2 Å². The molecule has 0 radical (unpaired) electrons. The van der Waals surface area contributed by atoms with Crippen LogP contribution in [-0.4, -0.2) is 18.2 Å². The average molecular weight is 256 g/mol. The number of nitrogens with zero attached hydrogens (tertiary/aromatic N) is 1. The molecule has 2 aromatic rings. The lowest BCUT2D eigenvalue weighted by Crippen LogP contribution is -2.10. The zero-order valence-electron chi connectivity index (χ0n) is 10.6. The summed E-state index contributed by atoms with van der Waals surface area (Å²) < 4.78 is 11.2. The number of hydrogen-bond acceptors (Lipinski definition) is 4. The largest absolute Gasteiger partial charge is 0.493 e. The number of rotatable bonds is 4. The van der Waals surface area contributed by atoms with Crippen LogP contribution in [0.3, 0.4) is 0 Å². The van der Waals surface area contributed by atoms with E-state index in [-0.39, 0.29) is 6.04 Å². The summed E-state index contributed by atoms with van der Waals surface area (Å²) in [6.45, 7) is 1.17. The lowest BCUT2D eigenvalue weighted by atomic mass is 10.1. The average Bonchev–Trinajstić information content (AvgIpc) is 2.81. The number of pyridine rings is 1. The summed E-state index contributed by atoms with van der Waals surface area (Å²) in [5.74, 6) is 1.66. The molecule has 1 aliphatic heterocycles. The van der Waals surface area contributed by atoms with Crippen LogP contribution < -0.4 is 15.2 Å². The molecule has 4 nitrogen and oxygen atoms in total.